The summed E-state index contributed by atoms with van der Waals surface area (Å²) in [6.45, 7) is 1.15. The minimum absolute atomic E-state index is 0.118. The van der Waals surface area contributed by atoms with E-state index >= 15 is 0 Å². The first kappa shape index (κ1) is 19.5. The standard InChI is InChI=1S/C18H25ClN2O4S/c1-25-17-8-5-14(19)11-16(17)20-18(22)9-4-13-3-2-10-21(12-13)26(23,24)15-6-7-15/h5,8,11,13,15H,2-4,6-7,9-10,12H2,1H3,(H,20,22). The van der Waals surface area contributed by atoms with Crippen molar-refractivity contribution in [2.45, 2.75) is 43.8 Å². The van der Waals surface area contributed by atoms with Crippen molar-refractivity contribution in [3.63, 3.8) is 0 Å². The Kier molecular flexibility index (Phi) is 6.10. The molecule has 6 nitrogen and oxygen atoms in total. The summed E-state index contributed by atoms with van der Waals surface area (Å²) in [5.41, 5.74) is 0.548. The Labute approximate surface area is 159 Å². The fraction of sp³-hybridized carbons (Fsp3) is 0.611. The Morgan fingerprint density at radius 3 is 2.81 bits per heavy atom. The molecule has 2 fully saturated rings. The summed E-state index contributed by atoms with van der Waals surface area (Å²) >= 11 is 5.98. The molecule has 0 aromatic heterocycles. The van der Waals surface area contributed by atoms with E-state index in [1.54, 1.807) is 22.5 Å². The molecule has 0 spiro atoms. The van der Waals surface area contributed by atoms with Crippen molar-refractivity contribution in [2.24, 2.45) is 5.92 Å². The summed E-state index contributed by atoms with van der Waals surface area (Å²) in [7, 11) is -1.58. The van der Waals surface area contributed by atoms with E-state index < -0.39 is 10.0 Å². The highest BCUT2D eigenvalue weighted by Gasteiger charge is 2.41. The number of methoxy groups -OCH3 is 1. The molecular weight excluding hydrogens is 376 g/mol. The van der Waals surface area contributed by atoms with Crippen molar-refractivity contribution in [1.82, 2.24) is 4.31 Å². The predicted octanol–water partition coefficient (Wildman–Crippen LogP) is 3.27. The van der Waals surface area contributed by atoms with Gasteiger partial charge in [-0.25, -0.2) is 12.7 Å². The average molecular weight is 401 g/mol. The number of nitrogens with one attached hydrogen (secondary N) is 1. The molecule has 1 atom stereocenters. The normalized spacial score (nSPS) is 21.4. The monoisotopic (exact) mass is 400 g/mol. The number of ether oxygens (including phenoxy) is 1. The second-order valence-electron chi connectivity index (χ2n) is 7.04. The number of nitrogens with zero attached hydrogens (tertiary/aromatic N) is 1. The smallest absolute Gasteiger partial charge is 0.224 e. The molecule has 144 valence electrons. The third-order valence-electron chi connectivity index (χ3n) is 5.00. The van der Waals surface area contributed by atoms with Gasteiger partial charge in [-0.15, -0.1) is 0 Å². The fourth-order valence-corrected chi connectivity index (χ4v) is 5.52. The molecule has 0 radical (unpaired) electrons. The van der Waals surface area contributed by atoms with Gasteiger partial charge in [0.05, 0.1) is 18.0 Å². The third-order valence-corrected chi connectivity index (χ3v) is 7.60. The molecule has 2 aliphatic rings. The quantitative estimate of drug-likeness (QED) is 0.762. The van der Waals surface area contributed by atoms with Crippen molar-refractivity contribution in [1.29, 1.82) is 0 Å². The van der Waals surface area contributed by atoms with E-state index in [1.807, 2.05) is 0 Å². The minimum Gasteiger partial charge on any atom is -0.495 e. The summed E-state index contributed by atoms with van der Waals surface area (Å²) in [6.07, 6.45) is 4.41. The van der Waals surface area contributed by atoms with Crippen LogP contribution in [0.3, 0.4) is 0 Å². The maximum atomic E-state index is 12.4. The molecule has 1 aliphatic heterocycles. The lowest BCUT2D eigenvalue weighted by Crippen LogP contribution is -2.41. The van der Waals surface area contributed by atoms with E-state index in [0.717, 1.165) is 25.7 Å². The van der Waals surface area contributed by atoms with Crippen LogP contribution < -0.4 is 10.1 Å². The first-order valence-corrected chi connectivity index (χ1v) is 10.9. The van der Waals surface area contributed by atoms with Crippen LogP contribution in [-0.4, -0.2) is 44.1 Å². The van der Waals surface area contributed by atoms with E-state index in [4.69, 9.17) is 16.3 Å². The predicted molar refractivity (Wildman–Crippen MR) is 102 cm³/mol. The molecule has 1 amide bonds. The summed E-state index contributed by atoms with van der Waals surface area (Å²) in [4.78, 5) is 12.3. The van der Waals surface area contributed by atoms with Crippen LogP contribution in [0.15, 0.2) is 18.2 Å². The SMILES string of the molecule is COc1ccc(Cl)cc1NC(=O)CCC1CCCN(S(=O)(=O)C2CC2)C1. The maximum absolute atomic E-state index is 12.4. The summed E-state index contributed by atoms with van der Waals surface area (Å²) in [6, 6.07) is 5.06. The molecule has 1 aromatic carbocycles. The van der Waals surface area contributed by atoms with Gasteiger partial charge in [0.1, 0.15) is 5.75 Å². The molecule has 26 heavy (non-hydrogen) atoms. The fourth-order valence-electron chi connectivity index (χ4n) is 3.40. The number of hydrogen-bond acceptors (Lipinski definition) is 4. The number of sulfonamides is 1. The number of carbonyl (C=O) groups excluding carboxylic acids is 1. The van der Waals surface area contributed by atoms with Crippen LogP contribution in [0.1, 0.15) is 38.5 Å². The number of anilines is 1. The molecule has 1 unspecified atom stereocenters. The van der Waals surface area contributed by atoms with E-state index in [9.17, 15) is 13.2 Å². The first-order chi connectivity index (χ1) is 12.4. The largest absolute Gasteiger partial charge is 0.495 e. The summed E-state index contributed by atoms with van der Waals surface area (Å²) in [5, 5.41) is 3.19. The highest BCUT2D eigenvalue weighted by atomic mass is 35.5. The van der Waals surface area contributed by atoms with Crippen LogP contribution in [-0.2, 0) is 14.8 Å². The number of benzene rings is 1. The van der Waals surface area contributed by atoms with Crippen LogP contribution in [0.4, 0.5) is 5.69 Å². The number of halogens is 1. The molecule has 1 aromatic rings. The molecule has 0 bridgehead atoms. The van der Waals surface area contributed by atoms with Gasteiger partial charge in [-0.3, -0.25) is 4.79 Å². The van der Waals surface area contributed by atoms with Gasteiger partial charge < -0.3 is 10.1 Å². The zero-order valence-corrected chi connectivity index (χ0v) is 16.5. The van der Waals surface area contributed by atoms with Gasteiger partial charge >= 0.3 is 0 Å². The molecule has 1 aliphatic carbocycles. The summed E-state index contributed by atoms with van der Waals surface area (Å²) < 4.78 is 31.7. The number of carbonyl (C=O) groups is 1. The second-order valence-corrected chi connectivity index (χ2v) is 9.69. The number of hydrogen-bond donors (Lipinski definition) is 1. The number of rotatable bonds is 7. The Morgan fingerprint density at radius 2 is 2.12 bits per heavy atom. The van der Waals surface area contributed by atoms with Gasteiger partial charge in [-0.2, -0.15) is 0 Å². The van der Waals surface area contributed by atoms with Gasteiger partial charge in [0.15, 0.2) is 0 Å². The van der Waals surface area contributed by atoms with Gasteiger partial charge in [-0.05, 0) is 56.2 Å². The Balaban J connectivity index is 1.52. The third kappa shape index (κ3) is 4.69. The lowest BCUT2D eigenvalue weighted by molar-refractivity contribution is -0.116. The zero-order chi connectivity index (χ0) is 18.7. The molecule has 1 N–H and O–H groups in total. The van der Waals surface area contributed by atoms with E-state index in [1.165, 1.54) is 7.11 Å². The van der Waals surface area contributed by atoms with Crippen molar-refractivity contribution >= 4 is 33.2 Å². The van der Waals surface area contributed by atoms with E-state index in [-0.39, 0.29) is 17.1 Å². The van der Waals surface area contributed by atoms with Crippen molar-refractivity contribution in [2.75, 3.05) is 25.5 Å². The van der Waals surface area contributed by atoms with Crippen LogP contribution in [0, 0.1) is 5.92 Å². The van der Waals surface area contributed by atoms with Crippen molar-refractivity contribution in [3.05, 3.63) is 23.2 Å². The lowest BCUT2D eigenvalue weighted by atomic mass is 9.94. The van der Waals surface area contributed by atoms with E-state index in [2.05, 4.69) is 5.32 Å². The van der Waals surface area contributed by atoms with Gasteiger partial charge in [0, 0.05) is 24.5 Å². The van der Waals surface area contributed by atoms with Crippen LogP contribution in [0.2, 0.25) is 5.02 Å². The Bertz CT molecular complexity index is 764. The maximum Gasteiger partial charge on any atom is 0.224 e. The van der Waals surface area contributed by atoms with Gasteiger partial charge in [-0.1, -0.05) is 11.6 Å². The summed E-state index contributed by atoms with van der Waals surface area (Å²) in [5.74, 6) is 0.666. The topological polar surface area (TPSA) is 75.7 Å². The zero-order valence-electron chi connectivity index (χ0n) is 14.9. The first-order valence-electron chi connectivity index (χ1n) is 9.02. The average Bonchev–Trinajstić information content (AvgIpc) is 3.46. The Hall–Kier alpha value is -1.31. The van der Waals surface area contributed by atoms with Crippen LogP contribution in [0.25, 0.3) is 0 Å². The minimum atomic E-state index is -3.12. The second kappa shape index (κ2) is 8.15. The Morgan fingerprint density at radius 1 is 1.35 bits per heavy atom. The number of piperidine rings is 1. The molecule has 1 saturated heterocycles. The molecule has 8 heteroatoms. The lowest BCUT2D eigenvalue weighted by Gasteiger charge is -2.32. The van der Waals surface area contributed by atoms with Crippen LogP contribution >= 0.6 is 11.6 Å². The van der Waals surface area contributed by atoms with Crippen molar-refractivity contribution in [3.8, 4) is 5.75 Å². The molecule has 1 saturated carbocycles. The molecule has 1 heterocycles. The highest BCUT2D eigenvalue weighted by Crippen LogP contribution is 2.34. The molecular formula is C18H25ClN2O4S. The van der Waals surface area contributed by atoms with Gasteiger partial charge in [0.2, 0.25) is 15.9 Å². The van der Waals surface area contributed by atoms with Gasteiger partial charge in [0.25, 0.3) is 0 Å². The van der Waals surface area contributed by atoms with Crippen LogP contribution in [0.5, 0.6) is 5.75 Å². The molecule has 3 rings (SSSR count). The highest BCUT2D eigenvalue weighted by molar-refractivity contribution is 7.90. The van der Waals surface area contributed by atoms with Crippen molar-refractivity contribution < 1.29 is 17.9 Å². The number of amides is 1. The van der Waals surface area contributed by atoms with E-state index in [0.29, 0.717) is 42.4 Å².